The number of carbonyl (C=O) groups excluding carboxylic acids is 3. The van der Waals surface area contributed by atoms with E-state index in [1.807, 2.05) is 67.6 Å². The van der Waals surface area contributed by atoms with Gasteiger partial charge < -0.3 is 20.3 Å². The third kappa shape index (κ3) is 7.02. The molecule has 3 rings (SSSR count). The number of ketones is 1. The van der Waals surface area contributed by atoms with Crippen LogP contribution in [0.25, 0.3) is 0 Å². The fraction of sp³-hybridized carbons (Fsp3) is 0.423. The van der Waals surface area contributed by atoms with Crippen molar-refractivity contribution in [2.45, 2.75) is 62.4 Å². The van der Waals surface area contributed by atoms with Gasteiger partial charge in [-0.05, 0) is 30.4 Å². The minimum atomic E-state index is -1.76. The predicted molar refractivity (Wildman–Crippen MR) is 138 cm³/mol. The summed E-state index contributed by atoms with van der Waals surface area (Å²) in [5.41, 5.74) is 1.92. The van der Waals surface area contributed by atoms with Crippen LogP contribution in [0.4, 0.5) is 0 Å². The van der Waals surface area contributed by atoms with Gasteiger partial charge in [0, 0.05) is 6.42 Å². The summed E-state index contributed by atoms with van der Waals surface area (Å²) in [4.78, 5) is 40.8. The van der Waals surface area contributed by atoms with E-state index in [9.17, 15) is 24.4 Å². The van der Waals surface area contributed by atoms with Gasteiger partial charge in [-0.15, -0.1) is 0 Å². The van der Waals surface area contributed by atoms with E-state index >= 15 is 0 Å². The minimum Gasteiger partial charge on any atom is -0.426 e. The van der Waals surface area contributed by atoms with E-state index in [0.717, 1.165) is 17.5 Å². The normalized spacial score (nSPS) is 20.5. The lowest BCUT2D eigenvalue weighted by molar-refractivity contribution is -0.142. The molecule has 1 aliphatic heterocycles. The molecular weight excluding hydrogens is 511 g/mol. The highest BCUT2D eigenvalue weighted by atomic mass is 79.9. The molecule has 4 atom stereocenters. The molecule has 7 nitrogen and oxygen atoms in total. The maximum Gasteiger partial charge on any atom is 0.475 e. The first kappa shape index (κ1) is 27.1. The van der Waals surface area contributed by atoms with Crippen LogP contribution in [-0.2, 0) is 27.2 Å². The van der Waals surface area contributed by atoms with Crippen LogP contribution in [0.3, 0.4) is 0 Å². The first-order valence-corrected chi connectivity index (χ1v) is 13.0. The number of nitrogens with one attached hydrogen (secondary N) is 1. The number of benzene rings is 2. The zero-order valence-corrected chi connectivity index (χ0v) is 21.4. The molecule has 2 aromatic rings. The molecule has 0 saturated carbocycles. The van der Waals surface area contributed by atoms with Crippen LogP contribution in [0, 0.1) is 5.92 Å². The highest BCUT2D eigenvalue weighted by Gasteiger charge is 2.52. The number of aryl methyl sites for hydroxylation is 1. The third-order valence-electron chi connectivity index (χ3n) is 6.37. The molecule has 0 radical (unpaired) electrons. The summed E-state index contributed by atoms with van der Waals surface area (Å²) in [6.07, 6.45) is 2.85. The zero-order chi connectivity index (χ0) is 25.4. The molecule has 3 N–H and O–H groups in total. The largest absolute Gasteiger partial charge is 0.475 e. The number of alkyl halides is 1. The monoisotopic (exact) mass is 542 g/mol. The van der Waals surface area contributed by atoms with E-state index in [0.29, 0.717) is 25.7 Å². The number of carbonyl (C=O) groups is 3. The topological polar surface area (TPSA) is 107 Å². The number of rotatable bonds is 11. The van der Waals surface area contributed by atoms with Gasteiger partial charge in [-0.3, -0.25) is 14.4 Å². The highest BCUT2D eigenvalue weighted by molar-refractivity contribution is 9.09. The second kappa shape index (κ2) is 13.0. The Morgan fingerprint density at radius 2 is 1.66 bits per heavy atom. The number of likely N-dealkylation sites (tertiary alicyclic amines) is 1. The minimum absolute atomic E-state index is 0.142. The molecule has 0 aromatic heterocycles. The summed E-state index contributed by atoms with van der Waals surface area (Å²) in [5, 5.41) is 22.1. The van der Waals surface area contributed by atoms with Crippen LogP contribution in [0.2, 0.25) is 0 Å². The second-order valence-corrected chi connectivity index (χ2v) is 9.87. The van der Waals surface area contributed by atoms with Gasteiger partial charge in [0.25, 0.3) is 0 Å². The number of amides is 2. The smallest absolute Gasteiger partial charge is 0.426 e. The summed E-state index contributed by atoms with van der Waals surface area (Å²) in [6, 6.07) is 17.7. The Kier molecular flexibility index (Phi) is 10.1. The SMILES string of the molecule is CCCC[C@H](NC(=O)[C@H]1C(=O)C(Cc2ccccc2)C(Br)N1C(=O)CCc1ccccc1)B(O)O. The summed E-state index contributed by atoms with van der Waals surface area (Å²) >= 11 is 3.55. The maximum absolute atomic E-state index is 13.5. The quantitative estimate of drug-likeness (QED) is 0.175. The maximum atomic E-state index is 13.5. The molecule has 9 heteroatoms. The lowest BCUT2D eigenvalue weighted by atomic mass is 9.76. The molecule has 1 heterocycles. The van der Waals surface area contributed by atoms with E-state index in [1.165, 1.54) is 4.90 Å². The van der Waals surface area contributed by atoms with Crippen LogP contribution in [0.1, 0.15) is 43.7 Å². The molecule has 1 aliphatic rings. The molecule has 2 unspecified atom stereocenters. The fourth-order valence-electron chi connectivity index (χ4n) is 4.42. The summed E-state index contributed by atoms with van der Waals surface area (Å²) in [7, 11) is -1.76. The molecule has 0 spiro atoms. The number of nitrogens with zero attached hydrogens (tertiary/aromatic N) is 1. The first-order valence-electron chi connectivity index (χ1n) is 12.1. The van der Waals surface area contributed by atoms with Crippen molar-refractivity contribution < 1.29 is 24.4 Å². The van der Waals surface area contributed by atoms with E-state index in [2.05, 4.69) is 21.2 Å². The van der Waals surface area contributed by atoms with Crippen LogP contribution < -0.4 is 5.32 Å². The molecule has 186 valence electrons. The van der Waals surface area contributed by atoms with Gasteiger partial charge in [0.1, 0.15) is 0 Å². The van der Waals surface area contributed by atoms with Gasteiger partial charge in [0.05, 0.1) is 16.8 Å². The standard InChI is InChI=1S/C26H32BBrN2O5/c1-2-3-14-21(27(34)35)29-26(33)23-24(32)20(17-19-12-8-5-9-13-19)25(28)30(23)22(31)16-15-18-10-6-4-7-11-18/h4-13,20-21,23,25,34-35H,2-3,14-17H2,1H3,(H,29,33)/t20?,21-,23+,25?/m0/s1. The Balaban J connectivity index is 1.83. The van der Waals surface area contributed by atoms with Crippen molar-refractivity contribution in [2.24, 2.45) is 5.92 Å². The van der Waals surface area contributed by atoms with Crippen molar-refractivity contribution in [2.75, 3.05) is 0 Å². The first-order chi connectivity index (χ1) is 16.8. The molecule has 1 fully saturated rings. The highest BCUT2D eigenvalue weighted by Crippen LogP contribution is 2.34. The molecule has 0 bridgehead atoms. The Morgan fingerprint density at radius 1 is 1.06 bits per heavy atom. The Morgan fingerprint density at radius 3 is 2.23 bits per heavy atom. The summed E-state index contributed by atoms with van der Waals surface area (Å²) in [6.45, 7) is 1.96. The summed E-state index contributed by atoms with van der Waals surface area (Å²) < 4.78 is 0. The van der Waals surface area contributed by atoms with Gasteiger partial charge >= 0.3 is 7.12 Å². The fourth-order valence-corrected chi connectivity index (χ4v) is 5.33. The van der Waals surface area contributed by atoms with Crippen molar-refractivity contribution in [1.29, 1.82) is 0 Å². The Hall–Kier alpha value is -2.49. The van der Waals surface area contributed by atoms with E-state index in [1.54, 1.807) is 0 Å². The number of hydrogen-bond donors (Lipinski definition) is 3. The van der Waals surface area contributed by atoms with Crippen LogP contribution in [0.15, 0.2) is 60.7 Å². The summed E-state index contributed by atoms with van der Waals surface area (Å²) in [5.74, 6) is -2.88. The molecule has 0 aliphatic carbocycles. The lowest BCUT2D eigenvalue weighted by Crippen LogP contribution is -2.55. The Bertz CT molecular complexity index is 992. The molecule has 2 amide bonds. The van der Waals surface area contributed by atoms with Gasteiger partial charge in [-0.25, -0.2) is 0 Å². The van der Waals surface area contributed by atoms with Gasteiger partial charge in [0.15, 0.2) is 11.8 Å². The van der Waals surface area contributed by atoms with Gasteiger partial charge in [0.2, 0.25) is 11.8 Å². The molecule has 1 saturated heterocycles. The lowest BCUT2D eigenvalue weighted by Gasteiger charge is -2.28. The second-order valence-electron chi connectivity index (χ2n) is 8.93. The Labute approximate surface area is 215 Å². The number of halogens is 1. The van der Waals surface area contributed by atoms with E-state index in [-0.39, 0.29) is 18.1 Å². The van der Waals surface area contributed by atoms with E-state index in [4.69, 9.17) is 0 Å². The number of hydrogen-bond acceptors (Lipinski definition) is 5. The number of unbranched alkanes of at least 4 members (excludes halogenated alkanes) is 1. The van der Waals surface area contributed by atoms with Crippen LogP contribution >= 0.6 is 15.9 Å². The van der Waals surface area contributed by atoms with Crippen molar-refractivity contribution >= 4 is 40.6 Å². The van der Waals surface area contributed by atoms with Crippen molar-refractivity contribution in [3.8, 4) is 0 Å². The van der Waals surface area contributed by atoms with Gasteiger partial charge in [-0.1, -0.05) is 96.4 Å². The number of Topliss-reactive ketones (excluding diaryl/α,β-unsaturated/α-hetero) is 1. The molecule has 2 aromatic carbocycles. The van der Waals surface area contributed by atoms with Crippen molar-refractivity contribution in [3.05, 3.63) is 71.8 Å². The van der Waals surface area contributed by atoms with Gasteiger partial charge in [-0.2, -0.15) is 0 Å². The third-order valence-corrected chi connectivity index (χ3v) is 7.45. The predicted octanol–water partition coefficient (Wildman–Crippen LogP) is 2.67. The van der Waals surface area contributed by atoms with Crippen LogP contribution in [0.5, 0.6) is 0 Å². The average molecular weight is 543 g/mol. The van der Waals surface area contributed by atoms with Crippen molar-refractivity contribution in [3.63, 3.8) is 0 Å². The van der Waals surface area contributed by atoms with E-state index < -0.39 is 35.9 Å². The molecule has 35 heavy (non-hydrogen) atoms. The molecular formula is C26H32BBrN2O5. The average Bonchev–Trinajstić information content (AvgIpc) is 3.11. The van der Waals surface area contributed by atoms with Crippen LogP contribution in [-0.4, -0.2) is 56.6 Å². The van der Waals surface area contributed by atoms with Crippen molar-refractivity contribution in [1.82, 2.24) is 10.2 Å². The zero-order valence-electron chi connectivity index (χ0n) is 19.8.